The fourth-order valence-electron chi connectivity index (χ4n) is 1.83. The van der Waals surface area contributed by atoms with Gasteiger partial charge in [0.15, 0.2) is 0 Å². The Morgan fingerprint density at radius 1 is 1.24 bits per heavy atom. The fourth-order valence-corrected chi connectivity index (χ4v) is 1.83. The van der Waals surface area contributed by atoms with Crippen molar-refractivity contribution in [1.29, 1.82) is 0 Å². The quantitative estimate of drug-likeness (QED) is 0.611. The summed E-state index contributed by atoms with van der Waals surface area (Å²) in [6.07, 6.45) is -7.20. The van der Waals surface area contributed by atoms with E-state index in [2.05, 4.69) is 10.1 Å². The highest BCUT2D eigenvalue weighted by atomic mass is 19.4. The first-order chi connectivity index (χ1) is 9.75. The molecule has 0 radical (unpaired) electrons. The van der Waals surface area contributed by atoms with Gasteiger partial charge in [0.25, 0.3) is 6.43 Å². The molecule has 21 heavy (non-hydrogen) atoms. The number of alkyl halides is 5. The molecule has 0 saturated heterocycles. The van der Waals surface area contributed by atoms with Crippen molar-refractivity contribution >= 4 is 0 Å². The minimum Gasteiger partial charge on any atom is -0.375 e. The van der Waals surface area contributed by atoms with Crippen LogP contribution in [0.25, 0.3) is 0 Å². The summed E-state index contributed by atoms with van der Waals surface area (Å²) in [6.45, 7) is -0.776. The van der Waals surface area contributed by atoms with Crippen LogP contribution in [0.5, 0.6) is 0 Å². The number of hydrogen-bond donors (Lipinski definition) is 1. The molecule has 0 bridgehead atoms. The van der Waals surface area contributed by atoms with Gasteiger partial charge >= 0.3 is 6.18 Å². The van der Waals surface area contributed by atoms with E-state index in [4.69, 9.17) is 0 Å². The molecule has 1 aromatic carbocycles. The molecule has 1 aromatic rings. The van der Waals surface area contributed by atoms with Gasteiger partial charge in [0, 0.05) is 12.6 Å². The third-order valence-corrected chi connectivity index (χ3v) is 2.84. The first-order valence-corrected chi connectivity index (χ1v) is 6.15. The Balaban J connectivity index is 2.77. The average molecular weight is 315 g/mol. The third-order valence-electron chi connectivity index (χ3n) is 2.84. The lowest BCUT2D eigenvalue weighted by atomic mass is 10.0. The summed E-state index contributed by atoms with van der Waals surface area (Å²) >= 11 is 0. The molecular weight excluding hydrogens is 300 g/mol. The second-order valence-electron chi connectivity index (χ2n) is 4.33. The maximum atomic E-state index is 13.2. The Morgan fingerprint density at radius 3 is 2.43 bits per heavy atom. The van der Waals surface area contributed by atoms with Crippen LogP contribution in [0.2, 0.25) is 0 Å². The van der Waals surface area contributed by atoms with Crippen LogP contribution in [-0.2, 0) is 10.9 Å². The van der Waals surface area contributed by atoms with E-state index >= 15 is 0 Å². The highest BCUT2D eigenvalue weighted by Gasteiger charge is 2.34. The molecule has 0 heterocycles. The fraction of sp³-hybridized carbons (Fsp3) is 0.538. The smallest absolute Gasteiger partial charge is 0.375 e. The van der Waals surface area contributed by atoms with Crippen LogP contribution in [0.4, 0.5) is 26.3 Å². The molecule has 0 spiro atoms. The monoisotopic (exact) mass is 315 g/mol. The summed E-state index contributed by atoms with van der Waals surface area (Å²) in [7, 11) is 1.51. The van der Waals surface area contributed by atoms with Crippen molar-refractivity contribution in [3.8, 4) is 0 Å². The molecule has 1 atom stereocenters. The Hall–Kier alpha value is -1.28. The van der Waals surface area contributed by atoms with Crippen LogP contribution >= 0.6 is 0 Å². The molecule has 0 aromatic heterocycles. The van der Waals surface area contributed by atoms with Gasteiger partial charge in [-0.2, -0.15) is 13.2 Å². The maximum Gasteiger partial charge on any atom is 0.419 e. The van der Waals surface area contributed by atoms with E-state index in [9.17, 15) is 26.3 Å². The van der Waals surface area contributed by atoms with Crippen LogP contribution in [0.1, 0.15) is 23.6 Å². The van der Waals surface area contributed by atoms with Crippen molar-refractivity contribution in [3.63, 3.8) is 0 Å². The van der Waals surface area contributed by atoms with E-state index < -0.39 is 36.6 Å². The van der Waals surface area contributed by atoms with Gasteiger partial charge in [0.1, 0.15) is 12.4 Å². The lowest BCUT2D eigenvalue weighted by Gasteiger charge is -2.18. The predicted molar refractivity (Wildman–Crippen MR) is 64.6 cm³/mol. The number of nitrogens with one attached hydrogen (secondary N) is 1. The first-order valence-electron chi connectivity index (χ1n) is 6.15. The minimum absolute atomic E-state index is 0.0470. The van der Waals surface area contributed by atoms with Crippen LogP contribution in [0.3, 0.4) is 0 Å². The van der Waals surface area contributed by atoms with E-state index in [-0.39, 0.29) is 18.6 Å². The Bertz CT molecular complexity index is 449. The molecule has 120 valence electrons. The van der Waals surface area contributed by atoms with Gasteiger partial charge in [0.05, 0.1) is 5.56 Å². The van der Waals surface area contributed by atoms with Crippen molar-refractivity contribution in [1.82, 2.24) is 5.32 Å². The second kappa shape index (κ2) is 7.65. The van der Waals surface area contributed by atoms with Gasteiger partial charge in [-0.1, -0.05) is 6.07 Å². The molecule has 0 amide bonds. The highest BCUT2D eigenvalue weighted by molar-refractivity contribution is 5.29. The zero-order valence-electron chi connectivity index (χ0n) is 11.2. The standard InChI is InChI=1S/C13H15F6NO/c1-20-11(4-5-21-7-12(15)16)8-2-3-10(14)9(6-8)13(17,18)19/h2-3,6,11-12,20H,4-5,7H2,1H3. The van der Waals surface area contributed by atoms with E-state index in [1.165, 1.54) is 13.1 Å². The molecular formula is C13H15F6NO. The van der Waals surface area contributed by atoms with E-state index in [0.29, 0.717) is 6.07 Å². The van der Waals surface area contributed by atoms with Gasteiger partial charge in [-0.25, -0.2) is 13.2 Å². The molecule has 0 saturated carbocycles. The van der Waals surface area contributed by atoms with Crippen molar-refractivity contribution in [2.24, 2.45) is 0 Å². The highest BCUT2D eigenvalue weighted by Crippen LogP contribution is 2.33. The van der Waals surface area contributed by atoms with Gasteiger partial charge in [-0.15, -0.1) is 0 Å². The zero-order chi connectivity index (χ0) is 16.0. The number of ether oxygens (including phenoxy) is 1. The molecule has 0 aliphatic rings. The summed E-state index contributed by atoms with van der Waals surface area (Å²) in [5.74, 6) is -1.35. The van der Waals surface area contributed by atoms with E-state index in [0.717, 1.165) is 6.07 Å². The van der Waals surface area contributed by atoms with E-state index in [1.54, 1.807) is 0 Å². The molecule has 1 unspecified atom stereocenters. The van der Waals surface area contributed by atoms with Crippen LogP contribution in [0, 0.1) is 5.82 Å². The lowest BCUT2D eigenvalue weighted by molar-refractivity contribution is -0.140. The lowest BCUT2D eigenvalue weighted by Crippen LogP contribution is -2.20. The van der Waals surface area contributed by atoms with Gasteiger partial charge in [-0.05, 0) is 31.2 Å². The Labute approximate surface area is 118 Å². The number of benzene rings is 1. The SMILES string of the molecule is CNC(CCOCC(F)F)c1ccc(F)c(C(F)(F)F)c1. The Morgan fingerprint density at radius 2 is 1.90 bits per heavy atom. The maximum absolute atomic E-state index is 13.2. The van der Waals surface area contributed by atoms with Crippen molar-refractivity contribution in [3.05, 3.63) is 35.1 Å². The molecule has 1 N–H and O–H groups in total. The van der Waals surface area contributed by atoms with Crippen molar-refractivity contribution < 1.29 is 31.1 Å². The largest absolute Gasteiger partial charge is 0.419 e. The van der Waals surface area contributed by atoms with Crippen molar-refractivity contribution in [2.45, 2.75) is 25.1 Å². The summed E-state index contributed by atoms with van der Waals surface area (Å²) < 4.78 is 79.5. The predicted octanol–water partition coefficient (Wildman–Crippen LogP) is 3.78. The van der Waals surface area contributed by atoms with Crippen LogP contribution < -0.4 is 5.32 Å². The minimum atomic E-state index is -4.79. The van der Waals surface area contributed by atoms with Crippen LogP contribution in [-0.4, -0.2) is 26.7 Å². The second-order valence-corrected chi connectivity index (χ2v) is 4.33. The van der Waals surface area contributed by atoms with Gasteiger partial charge in [0.2, 0.25) is 0 Å². The molecule has 0 aliphatic heterocycles. The van der Waals surface area contributed by atoms with Gasteiger partial charge in [-0.3, -0.25) is 0 Å². The normalized spacial score (nSPS) is 13.7. The summed E-state index contributed by atoms with van der Waals surface area (Å²) in [6, 6.07) is 2.12. The first kappa shape index (κ1) is 17.8. The van der Waals surface area contributed by atoms with Crippen LogP contribution in [0.15, 0.2) is 18.2 Å². The zero-order valence-corrected chi connectivity index (χ0v) is 11.2. The molecule has 2 nitrogen and oxygen atoms in total. The number of hydrogen-bond acceptors (Lipinski definition) is 2. The van der Waals surface area contributed by atoms with E-state index in [1.807, 2.05) is 0 Å². The summed E-state index contributed by atoms with van der Waals surface area (Å²) in [5, 5.41) is 2.75. The molecule has 0 aliphatic carbocycles. The third kappa shape index (κ3) is 5.55. The average Bonchev–Trinajstić information content (AvgIpc) is 2.38. The molecule has 0 fully saturated rings. The van der Waals surface area contributed by atoms with Crippen molar-refractivity contribution in [2.75, 3.05) is 20.3 Å². The number of rotatable bonds is 7. The molecule has 1 rings (SSSR count). The Kier molecular flexibility index (Phi) is 6.47. The number of halogens is 6. The topological polar surface area (TPSA) is 21.3 Å². The summed E-state index contributed by atoms with van der Waals surface area (Å²) in [4.78, 5) is 0. The van der Waals surface area contributed by atoms with Gasteiger partial charge < -0.3 is 10.1 Å². The summed E-state index contributed by atoms with van der Waals surface area (Å²) in [5.41, 5.74) is -1.14. The molecule has 8 heteroatoms.